The van der Waals surface area contributed by atoms with Gasteiger partial charge in [0.05, 0.1) is 12.9 Å². The fourth-order valence-corrected chi connectivity index (χ4v) is 5.83. The second-order valence-electron chi connectivity index (χ2n) is 4.50. The lowest BCUT2D eigenvalue weighted by Gasteiger charge is -2.29. The predicted molar refractivity (Wildman–Crippen MR) is 74.9 cm³/mol. The highest BCUT2D eigenvalue weighted by Crippen LogP contribution is 2.53. The lowest BCUT2D eigenvalue weighted by atomic mass is 9.82. The summed E-state index contributed by atoms with van der Waals surface area (Å²) in [5, 5.41) is 0.136. The van der Waals surface area contributed by atoms with Crippen molar-refractivity contribution in [3.63, 3.8) is 0 Å². The molecular formula is C11H13Br2ClS. The molecule has 2 rings (SSSR count). The molecule has 0 N–H and O–H groups in total. The third-order valence-corrected chi connectivity index (χ3v) is 6.46. The highest BCUT2D eigenvalue weighted by molar-refractivity contribution is 9.12. The smallest absolute Gasteiger partial charge is 0.0757 e. The van der Waals surface area contributed by atoms with E-state index in [2.05, 4.69) is 44.8 Å². The van der Waals surface area contributed by atoms with E-state index in [9.17, 15) is 0 Å². The molecule has 0 amide bonds. The molecule has 84 valence electrons. The van der Waals surface area contributed by atoms with E-state index in [1.165, 1.54) is 35.0 Å². The van der Waals surface area contributed by atoms with Crippen molar-refractivity contribution in [2.24, 2.45) is 5.41 Å². The van der Waals surface area contributed by atoms with Crippen molar-refractivity contribution >= 4 is 54.8 Å². The van der Waals surface area contributed by atoms with Gasteiger partial charge >= 0.3 is 0 Å². The molecule has 1 fully saturated rings. The highest BCUT2D eigenvalue weighted by Gasteiger charge is 2.38. The number of rotatable bonds is 2. The van der Waals surface area contributed by atoms with Crippen LogP contribution in [0, 0.1) is 5.41 Å². The summed E-state index contributed by atoms with van der Waals surface area (Å²) in [5.74, 6) is 0. The summed E-state index contributed by atoms with van der Waals surface area (Å²) in [6.07, 6.45) is 5.15. The van der Waals surface area contributed by atoms with Crippen LogP contribution in [-0.2, 0) is 0 Å². The summed E-state index contributed by atoms with van der Waals surface area (Å²) in [7, 11) is 0. The minimum absolute atomic E-state index is 0.136. The Balaban J connectivity index is 2.27. The molecule has 0 nitrogen and oxygen atoms in total. The van der Waals surface area contributed by atoms with Crippen molar-refractivity contribution in [1.82, 2.24) is 0 Å². The lowest BCUT2D eigenvalue weighted by molar-refractivity contribution is 0.321. The van der Waals surface area contributed by atoms with Crippen LogP contribution in [0.3, 0.4) is 0 Å². The second kappa shape index (κ2) is 4.67. The summed E-state index contributed by atoms with van der Waals surface area (Å²) >= 11 is 15.4. The first-order valence-electron chi connectivity index (χ1n) is 5.12. The third kappa shape index (κ3) is 2.46. The van der Waals surface area contributed by atoms with Crippen LogP contribution in [0.2, 0.25) is 0 Å². The quantitative estimate of drug-likeness (QED) is 0.548. The predicted octanol–water partition coefficient (Wildman–Crippen LogP) is 6.13. The highest BCUT2D eigenvalue weighted by atomic mass is 79.9. The molecule has 1 aliphatic carbocycles. The Morgan fingerprint density at radius 1 is 1.40 bits per heavy atom. The monoisotopic (exact) mass is 370 g/mol. The Morgan fingerprint density at radius 3 is 2.47 bits per heavy atom. The summed E-state index contributed by atoms with van der Waals surface area (Å²) < 4.78 is 2.32. The SMILES string of the molecule is CC1(C(Cl)c2cc(Br)sc2Br)CCCC1. The maximum Gasteiger partial charge on any atom is 0.0757 e. The first-order valence-corrected chi connectivity index (χ1v) is 7.96. The molecule has 1 saturated carbocycles. The Kier molecular flexibility index (Phi) is 3.87. The van der Waals surface area contributed by atoms with E-state index in [4.69, 9.17) is 11.6 Å². The van der Waals surface area contributed by atoms with Crippen molar-refractivity contribution in [2.45, 2.75) is 38.0 Å². The largest absolute Gasteiger partial charge is 0.121 e. The van der Waals surface area contributed by atoms with E-state index in [-0.39, 0.29) is 10.8 Å². The number of hydrogen-bond acceptors (Lipinski definition) is 1. The molecule has 0 aromatic carbocycles. The molecular weight excluding hydrogens is 359 g/mol. The van der Waals surface area contributed by atoms with Crippen molar-refractivity contribution in [2.75, 3.05) is 0 Å². The molecule has 1 aliphatic rings. The van der Waals surface area contributed by atoms with Crippen LogP contribution in [0.4, 0.5) is 0 Å². The topological polar surface area (TPSA) is 0 Å². The van der Waals surface area contributed by atoms with Crippen molar-refractivity contribution in [3.8, 4) is 0 Å². The molecule has 0 bridgehead atoms. The van der Waals surface area contributed by atoms with Gasteiger partial charge in [-0.1, -0.05) is 19.8 Å². The molecule has 1 unspecified atom stereocenters. The summed E-state index contributed by atoms with van der Waals surface area (Å²) in [5.41, 5.74) is 1.53. The maximum absolute atomic E-state index is 6.63. The van der Waals surface area contributed by atoms with Gasteiger partial charge in [0.1, 0.15) is 0 Å². The zero-order valence-electron chi connectivity index (χ0n) is 8.53. The van der Waals surface area contributed by atoms with Crippen molar-refractivity contribution in [3.05, 3.63) is 19.2 Å². The van der Waals surface area contributed by atoms with Crippen LogP contribution in [0.25, 0.3) is 0 Å². The second-order valence-corrected chi connectivity index (χ2v) is 8.69. The van der Waals surface area contributed by atoms with Crippen LogP contribution in [-0.4, -0.2) is 0 Å². The van der Waals surface area contributed by atoms with Crippen molar-refractivity contribution < 1.29 is 0 Å². The van der Waals surface area contributed by atoms with E-state index in [1.807, 2.05) is 0 Å². The van der Waals surface area contributed by atoms with Gasteiger partial charge in [-0.05, 0) is 61.7 Å². The van der Waals surface area contributed by atoms with Crippen LogP contribution in [0.1, 0.15) is 43.5 Å². The van der Waals surface area contributed by atoms with E-state index in [0.29, 0.717) is 0 Å². The number of thiophene rings is 1. The molecule has 1 heterocycles. The summed E-state index contributed by atoms with van der Waals surface area (Å²) in [6.45, 7) is 2.32. The molecule has 0 saturated heterocycles. The number of hydrogen-bond donors (Lipinski definition) is 0. The molecule has 0 aliphatic heterocycles. The van der Waals surface area contributed by atoms with Gasteiger partial charge in [-0.3, -0.25) is 0 Å². The van der Waals surface area contributed by atoms with E-state index >= 15 is 0 Å². The minimum Gasteiger partial charge on any atom is -0.121 e. The number of alkyl halides is 1. The first kappa shape index (κ1) is 12.4. The molecule has 1 atom stereocenters. The van der Waals surface area contributed by atoms with Gasteiger partial charge in [-0.2, -0.15) is 0 Å². The van der Waals surface area contributed by atoms with Crippen LogP contribution < -0.4 is 0 Å². The standard InChI is InChI=1S/C11H13Br2ClS/c1-11(4-2-3-5-11)9(14)7-6-8(12)15-10(7)13/h6,9H,2-5H2,1H3. The fraction of sp³-hybridized carbons (Fsp3) is 0.636. The Hall–Kier alpha value is 0.950. The van der Waals surface area contributed by atoms with E-state index in [1.54, 1.807) is 11.3 Å². The average Bonchev–Trinajstić information content (AvgIpc) is 2.73. The Bertz CT molecular complexity index is 355. The van der Waals surface area contributed by atoms with Crippen LogP contribution in [0.15, 0.2) is 13.6 Å². The van der Waals surface area contributed by atoms with Gasteiger partial charge in [0.2, 0.25) is 0 Å². The molecule has 4 heteroatoms. The normalized spacial score (nSPS) is 21.9. The lowest BCUT2D eigenvalue weighted by Crippen LogP contribution is -2.17. The van der Waals surface area contributed by atoms with Gasteiger partial charge in [-0.15, -0.1) is 22.9 Å². The average molecular weight is 373 g/mol. The molecule has 15 heavy (non-hydrogen) atoms. The van der Waals surface area contributed by atoms with Gasteiger partial charge in [0.15, 0.2) is 0 Å². The molecule has 1 aromatic rings. The third-order valence-electron chi connectivity index (χ3n) is 3.31. The Morgan fingerprint density at radius 2 is 2.00 bits per heavy atom. The molecule has 0 radical (unpaired) electrons. The summed E-state index contributed by atoms with van der Waals surface area (Å²) in [6, 6.07) is 2.15. The molecule has 0 spiro atoms. The van der Waals surface area contributed by atoms with E-state index < -0.39 is 0 Å². The van der Waals surface area contributed by atoms with Gasteiger partial charge in [0, 0.05) is 0 Å². The Labute approximate surface area is 117 Å². The zero-order chi connectivity index (χ0) is 11.1. The zero-order valence-corrected chi connectivity index (χ0v) is 13.3. The van der Waals surface area contributed by atoms with Gasteiger partial charge in [0.25, 0.3) is 0 Å². The van der Waals surface area contributed by atoms with Crippen molar-refractivity contribution in [1.29, 1.82) is 0 Å². The summed E-state index contributed by atoms with van der Waals surface area (Å²) in [4.78, 5) is 0. The van der Waals surface area contributed by atoms with E-state index in [0.717, 1.165) is 3.79 Å². The minimum atomic E-state index is 0.136. The molecule has 1 aromatic heterocycles. The van der Waals surface area contributed by atoms with Crippen LogP contribution >= 0.6 is 54.8 Å². The number of halogens is 3. The first-order chi connectivity index (χ1) is 7.03. The maximum atomic E-state index is 6.63. The van der Waals surface area contributed by atoms with Gasteiger partial charge < -0.3 is 0 Å². The fourth-order valence-electron chi connectivity index (χ4n) is 2.34. The van der Waals surface area contributed by atoms with Crippen LogP contribution in [0.5, 0.6) is 0 Å². The van der Waals surface area contributed by atoms with Gasteiger partial charge in [-0.25, -0.2) is 0 Å².